The highest BCUT2D eigenvalue weighted by atomic mass is 16.5. The van der Waals surface area contributed by atoms with Crippen LogP contribution < -0.4 is 4.74 Å². The van der Waals surface area contributed by atoms with Crippen LogP contribution >= 0.6 is 0 Å². The Balaban J connectivity index is 2.36. The lowest BCUT2D eigenvalue weighted by Crippen LogP contribution is -2.37. The molecule has 0 saturated carbocycles. The molecular formula is C23H37NO3. The Morgan fingerprint density at radius 3 is 2.56 bits per heavy atom. The number of rotatable bonds is 8. The zero-order chi connectivity index (χ0) is 20.2. The number of unbranched alkanes of at least 4 members (excludes halogenated alkanes) is 3. The van der Waals surface area contributed by atoms with Gasteiger partial charge in [0.05, 0.1) is 23.9 Å². The maximum absolute atomic E-state index is 10.8. The number of hydrogen-bond donors (Lipinski definition) is 2. The molecule has 1 aromatic rings. The molecule has 0 aromatic heterocycles. The fourth-order valence-corrected chi connectivity index (χ4v) is 3.70. The molecule has 4 nitrogen and oxygen atoms in total. The first-order chi connectivity index (χ1) is 12.6. The van der Waals surface area contributed by atoms with Crippen molar-refractivity contribution in [1.82, 2.24) is 0 Å². The van der Waals surface area contributed by atoms with Crippen molar-refractivity contribution in [2.75, 3.05) is 6.54 Å². The maximum Gasteiger partial charge on any atom is 0.133 e. The van der Waals surface area contributed by atoms with Crippen LogP contribution in [0.2, 0.25) is 0 Å². The van der Waals surface area contributed by atoms with E-state index in [9.17, 15) is 10.2 Å². The van der Waals surface area contributed by atoms with Crippen LogP contribution in [0.1, 0.15) is 91.2 Å². The summed E-state index contributed by atoms with van der Waals surface area (Å²) in [5, 5.41) is 20.4. The van der Waals surface area contributed by atoms with Gasteiger partial charge < -0.3 is 14.9 Å². The molecule has 0 saturated heterocycles. The van der Waals surface area contributed by atoms with Crippen molar-refractivity contribution in [2.45, 2.75) is 97.2 Å². The second-order valence-electron chi connectivity index (χ2n) is 9.24. The first-order valence-corrected chi connectivity index (χ1v) is 10.3. The second kappa shape index (κ2) is 8.64. The van der Waals surface area contributed by atoms with E-state index < -0.39 is 6.10 Å². The van der Waals surface area contributed by atoms with E-state index in [0.717, 1.165) is 17.7 Å². The van der Waals surface area contributed by atoms with E-state index in [4.69, 9.17) is 4.74 Å². The van der Waals surface area contributed by atoms with Gasteiger partial charge >= 0.3 is 0 Å². The van der Waals surface area contributed by atoms with Gasteiger partial charge in [0.2, 0.25) is 0 Å². The van der Waals surface area contributed by atoms with Crippen LogP contribution in [-0.4, -0.2) is 34.2 Å². The number of aliphatic hydroxyl groups is 1. The molecule has 0 aliphatic carbocycles. The number of aromatic hydroxyl groups is 1. The third-order valence-electron chi connectivity index (χ3n) is 5.33. The fraction of sp³-hybridized carbons (Fsp3) is 0.696. The number of hydrogen-bond acceptors (Lipinski definition) is 4. The summed E-state index contributed by atoms with van der Waals surface area (Å²) in [4.78, 5) is 4.57. The smallest absolute Gasteiger partial charge is 0.133 e. The molecule has 1 aromatic carbocycles. The van der Waals surface area contributed by atoms with E-state index in [-0.39, 0.29) is 16.8 Å². The van der Waals surface area contributed by atoms with Gasteiger partial charge in [0.1, 0.15) is 17.1 Å². The van der Waals surface area contributed by atoms with Gasteiger partial charge in [0, 0.05) is 6.42 Å². The quantitative estimate of drug-likeness (QED) is 0.600. The largest absolute Gasteiger partial charge is 0.507 e. The molecule has 1 aliphatic heterocycles. The van der Waals surface area contributed by atoms with Crippen LogP contribution in [0, 0.1) is 0 Å². The lowest BCUT2D eigenvalue weighted by atomic mass is 9.78. The summed E-state index contributed by atoms with van der Waals surface area (Å²) in [6.07, 6.45) is 6.12. The summed E-state index contributed by atoms with van der Waals surface area (Å²) < 4.78 is 6.21. The minimum atomic E-state index is -0.504. The van der Waals surface area contributed by atoms with E-state index in [1.807, 2.05) is 19.9 Å². The highest BCUT2D eigenvalue weighted by Crippen LogP contribution is 2.43. The predicted molar refractivity (Wildman–Crippen MR) is 112 cm³/mol. The van der Waals surface area contributed by atoms with E-state index >= 15 is 0 Å². The van der Waals surface area contributed by atoms with E-state index in [2.05, 4.69) is 31.8 Å². The second-order valence-corrected chi connectivity index (χ2v) is 9.24. The summed E-state index contributed by atoms with van der Waals surface area (Å²) in [7, 11) is 0. The van der Waals surface area contributed by atoms with Gasteiger partial charge in [-0.3, -0.25) is 4.99 Å². The summed E-state index contributed by atoms with van der Waals surface area (Å²) in [6, 6.07) is 3.95. The number of fused-ring (bicyclic) bond motifs is 1. The Bertz CT molecular complexity index is 674. The molecule has 1 aliphatic rings. The summed E-state index contributed by atoms with van der Waals surface area (Å²) in [6.45, 7) is 12.8. The molecule has 1 unspecified atom stereocenters. The molecule has 1 heterocycles. The molecule has 0 fully saturated rings. The predicted octanol–water partition coefficient (Wildman–Crippen LogP) is 5.37. The van der Waals surface area contributed by atoms with E-state index in [1.165, 1.54) is 25.7 Å². The molecule has 152 valence electrons. The Morgan fingerprint density at radius 1 is 1.22 bits per heavy atom. The summed E-state index contributed by atoms with van der Waals surface area (Å²) in [5.41, 5.74) is 2.18. The van der Waals surface area contributed by atoms with Gasteiger partial charge in [-0.1, -0.05) is 46.5 Å². The molecule has 0 radical (unpaired) electrons. The minimum absolute atomic E-state index is 0.0257. The van der Waals surface area contributed by atoms with Crippen molar-refractivity contribution in [1.29, 1.82) is 0 Å². The van der Waals surface area contributed by atoms with E-state index in [1.54, 1.807) is 6.92 Å². The van der Waals surface area contributed by atoms with Crippen molar-refractivity contribution in [3.05, 3.63) is 23.3 Å². The summed E-state index contributed by atoms with van der Waals surface area (Å²) in [5.74, 6) is 0.927. The average Bonchev–Trinajstić information content (AvgIpc) is 2.55. The number of aliphatic imine (C=N–C) groups is 1. The van der Waals surface area contributed by atoms with E-state index in [0.29, 0.717) is 24.3 Å². The monoisotopic (exact) mass is 375 g/mol. The molecule has 4 heteroatoms. The zero-order valence-corrected chi connectivity index (χ0v) is 17.9. The molecule has 27 heavy (non-hydrogen) atoms. The van der Waals surface area contributed by atoms with Crippen molar-refractivity contribution in [3.8, 4) is 11.5 Å². The molecule has 0 spiro atoms. The lowest BCUT2D eigenvalue weighted by molar-refractivity contribution is 0.110. The van der Waals surface area contributed by atoms with Crippen LogP contribution in [0.5, 0.6) is 11.5 Å². The number of benzene rings is 1. The van der Waals surface area contributed by atoms with Gasteiger partial charge in [-0.2, -0.15) is 0 Å². The maximum atomic E-state index is 10.8. The number of phenolic OH excluding ortho intramolecular Hbond substituents is 1. The van der Waals surface area contributed by atoms with Gasteiger partial charge in [-0.25, -0.2) is 0 Å². The van der Waals surface area contributed by atoms with Gasteiger partial charge in [0.25, 0.3) is 0 Å². The molecule has 2 rings (SSSR count). The Labute approximate surface area is 164 Å². The fourth-order valence-electron chi connectivity index (χ4n) is 3.70. The van der Waals surface area contributed by atoms with Crippen molar-refractivity contribution >= 4 is 5.71 Å². The lowest BCUT2D eigenvalue weighted by Gasteiger charge is -2.35. The highest BCUT2D eigenvalue weighted by Gasteiger charge is 2.34. The highest BCUT2D eigenvalue weighted by molar-refractivity contribution is 6.06. The minimum Gasteiger partial charge on any atom is -0.507 e. The third kappa shape index (κ3) is 5.71. The SMILES string of the molecule is CCCCCCC(C)(C)c1cc(O)c2c(c1)OC(C)(C)CC2=NCC(C)O. The number of ether oxygens (including phenoxy) is 1. The van der Waals surface area contributed by atoms with Crippen molar-refractivity contribution in [3.63, 3.8) is 0 Å². The molecular weight excluding hydrogens is 338 g/mol. The normalized spacial score (nSPS) is 18.9. The average molecular weight is 376 g/mol. The van der Waals surface area contributed by atoms with Gasteiger partial charge in [-0.15, -0.1) is 0 Å². The van der Waals surface area contributed by atoms with Crippen LogP contribution in [0.15, 0.2) is 17.1 Å². The van der Waals surface area contributed by atoms with Crippen LogP contribution in [0.25, 0.3) is 0 Å². The summed E-state index contributed by atoms with van der Waals surface area (Å²) >= 11 is 0. The van der Waals surface area contributed by atoms with Crippen molar-refractivity contribution in [2.24, 2.45) is 4.99 Å². The molecule has 2 N–H and O–H groups in total. The van der Waals surface area contributed by atoms with Crippen molar-refractivity contribution < 1.29 is 14.9 Å². The van der Waals surface area contributed by atoms with Crippen LogP contribution in [0.3, 0.4) is 0 Å². The standard InChI is InChI=1S/C23H37NO3/c1-7-8-9-10-11-22(3,4)17-12-19(26)21-18(24-15-16(2)25)14-23(5,6)27-20(21)13-17/h12-13,16,25-26H,7-11,14-15H2,1-6H3. The number of aliphatic hydroxyl groups excluding tert-OH is 1. The topological polar surface area (TPSA) is 62.0 Å². The first kappa shape index (κ1) is 21.7. The Hall–Kier alpha value is -1.55. The van der Waals surface area contributed by atoms with Crippen LogP contribution in [-0.2, 0) is 5.41 Å². The molecule has 0 amide bonds. The first-order valence-electron chi connectivity index (χ1n) is 10.3. The Kier molecular flexibility index (Phi) is 6.96. The number of phenols is 1. The van der Waals surface area contributed by atoms with Crippen LogP contribution in [0.4, 0.5) is 0 Å². The third-order valence-corrected chi connectivity index (χ3v) is 5.33. The molecule has 0 bridgehead atoms. The van der Waals surface area contributed by atoms with Gasteiger partial charge in [0.15, 0.2) is 0 Å². The molecule has 1 atom stereocenters. The number of nitrogens with zero attached hydrogens (tertiary/aromatic N) is 1. The zero-order valence-electron chi connectivity index (χ0n) is 17.9. The van der Waals surface area contributed by atoms with Gasteiger partial charge in [-0.05, 0) is 50.3 Å². The Morgan fingerprint density at radius 2 is 1.93 bits per heavy atom.